The first-order chi connectivity index (χ1) is 12.0. The quantitative estimate of drug-likeness (QED) is 0.818. The minimum atomic E-state index is -3.47. The van der Waals surface area contributed by atoms with Crippen molar-refractivity contribution in [2.75, 3.05) is 18.4 Å². The predicted octanol–water partition coefficient (Wildman–Crippen LogP) is 2.18. The van der Waals surface area contributed by atoms with Gasteiger partial charge in [-0.15, -0.1) is 0 Å². The molecule has 1 aliphatic rings. The molecule has 0 spiro atoms. The summed E-state index contributed by atoms with van der Waals surface area (Å²) in [5.74, 6) is -0.511. The average molecular weight is 361 g/mol. The molecule has 1 aliphatic heterocycles. The lowest BCUT2D eigenvalue weighted by atomic mass is 10.1. The summed E-state index contributed by atoms with van der Waals surface area (Å²) >= 11 is 0. The Kier molecular flexibility index (Phi) is 5.00. The number of benzene rings is 1. The van der Waals surface area contributed by atoms with Crippen LogP contribution in [0.25, 0.3) is 0 Å². The third-order valence-corrected chi connectivity index (χ3v) is 6.00. The summed E-state index contributed by atoms with van der Waals surface area (Å²) in [4.78, 5) is 15.2. The molecule has 0 radical (unpaired) electrons. The monoisotopic (exact) mass is 361 g/mol. The molecule has 1 aromatic heterocycles. The minimum absolute atomic E-state index is 0.223. The van der Waals surface area contributed by atoms with E-state index >= 15 is 0 Å². The smallest absolute Gasteiger partial charge is 0.335 e. The highest BCUT2D eigenvalue weighted by molar-refractivity contribution is 7.89. The lowest BCUT2D eigenvalue weighted by Gasteiger charge is -2.16. The molecule has 0 saturated carbocycles. The fourth-order valence-corrected chi connectivity index (χ4v) is 4.23. The first-order valence-corrected chi connectivity index (χ1v) is 9.43. The second-order valence-corrected chi connectivity index (χ2v) is 7.78. The second kappa shape index (κ2) is 7.20. The van der Waals surface area contributed by atoms with Gasteiger partial charge in [0, 0.05) is 31.9 Å². The Hall–Kier alpha value is -2.45. The molecule has 1 saturated heterocycles. The highest BCUT2D eigenvalue weighted by atomic mass is 32.2. The summed E-state index contributed by atoms with van der Waals surface area (Å²) in [5.41, 5.74) is 1.10. The van der Waals surface area contributed by atoms with Gasteiger partial charge >= 0.3 is 5.97 Å². The van der Waals surface area contributed by atoms with Crippen molar-refractivity contribution in [3.05, 3.63) is 53.7 Å². The molecule has 2 aromatic rings. The summed E-state index contributed by atoms with van der Waals surface area (Å²) in [5, 5.41) is 12.0. The van der Waals surface area contributed by atoms with E-state index in [9.17, 15) is 13.2 Å². The van der Waals surface area contributed by atoms with Gasteiger partial charge in [-0.2, -0.15) is 4.31 Å². The Labute approximate surface area is 146 Å². The van der Waals surface area contributed by atoms with Crippen molar-refractivity contribution in [1.82, 2.24) is 9.29 Å². The topological polar surface area (TPSA) is 99.6 Å². The van der Waals surface area contributed by atoms with Crippen LogP contribution in [0.4, 0.5) is 5.82 Å². The number of sulfonamides is 1. The molecule has 1 fully saturated rings. The van der Waals surface area contributed by atoms with E-state index in [2.05, 4.69) is 10.3 Å². The lowest BCUT2D eigenvalue weighted by molar-refractivity contribution is 0.0697. The minimum Gasteiger partial charge on any atom is -0.478 e. The Bertz CT molecular complexity index is 860. The number of nitrogens with zero attached hydrogens (tertiary/aromatic N) is 2. The zero-order chi connectivity index (χ0) is 17.9. The number of nitrogens with one attached hydrogen (secondary N) is 1. The largest absolute Gasteiger partial charge is 0.478 e. The third kappa shape index (κ3) is 3.97. The fraction of sp³-hybridized carbons (Fsp3) is 0.294. The SMILES string of the molecule is O=C(O)c1ccc(CNc2cc(S(=O)(=O)N3CCCC3)ccn2)cc1. The van der Waals surface area contributed by atoms with Gasteiger partial charge in [-0.3, -0.25) is 0 Å². The fourth-order valence-electron chi connectivity index (χ4n) is 2.70. The molecule has 132 valence electrons. The molecule has 0 aliphatic carbocycles. The standard InChI is InChI=1S/C17H19N3O4S/c21-17(22)14-5-3-13(4-6-14)12-19-16-11-15(7-8-18-16)25(23,24)20-9-1-2-10-20/h3-8,11H,1-2,9-10,12H2,(H,18,19)(H,21,22). The summed E-state index contributed by atoms with van der Waals surface area (Å²) in [7, 11) is -3.47. The summed E-state index contributed by atoms with van der Waals surface area (Å²) in [6, 6.07) is 9.50. The van der Waals surface area contributed by atoms with Gasteiger partial charge in [0.15, 0.2) is 0 Å². The zero-order valence-electron chi connectivity index (χ0n) is 13.6. The van der Waals surface area contributed by atoms with Crippen molar-refractivity contribution in [2.45, 2.75) is 24.3 Å². The van der Waals surface area contributed by atoms with E-state index in [1.54, 1.807) is 12.1 Å². The van der Waals surface area contributed by atoms with Crippen LogP contribution in [0.5, 0.6) is 0 Å². The summed E-state index contributed by atoms with van der Waals surface area (Å²) in [6.07, 6.45) is 3.25. The van der Waals surface area contributed by atoms with Crippen LogP contribution in [0.1, 0.15) is 28.8 Å². The highest BCUT2D eigenvalue weighted by Crippen LogP contribution is 2.22. The maximum atomic E-state index is 12.6. The normalized spacial score (nSPS) is 15.2. The second-order valence-electron chi connectivity index (χ2n) is 5.84. The van der Waals surface area contributed by atoms with E-state index in [1.807, 2.05) is 0 Å². The molecule has 8 heteroatoms. The Morgan fingerprint density at radius 2 is 1.84 bits per heavy atom. The van der Waals surface area contributed by atoms with Gasteiger partial charge in [0.25, 0.3) is 0 Å². The number of aromatic carboxylic acids is 1. The van der Waals surface area contributed by atoms with Crippen molar-refractivity contribution >= 4 is 21.8 Å². The van der Waals surface area contributed by atoms with Gasteiger partial charge in [0.1, 0.15) is 5.82 Å². The van der Waals surface area contributed by atoms with Crippen LogP contribution in [-0.2, 0) is 16.6 Å². The average Bonchev–Trinajstić information content (AvgIpc) is 3.16. The molecule has 0 atom stereocenters. The molecule has 1 aromatic carbocycles. The van der Waals surface area contributed by atoms with Crippen LogP contribution < -0.4 is 5.32 Å². The molecule has 0 unspecified atom stereocenters. The highest BCUT2D eigenvalue weighted by Gasteiger charge is 2.27. The number of carboxylic acid groups (broad SMARTS) is 1. The van der Waals surface area contributed by atoms with Crippen molar-refractivity contribution in [2.24, 2.45) is 0 Å². The van der Waals surface area contributed by atoms with Gasteiger partial charge in [0.2, 0.25) is 10.0 Å². The number of carboxylic acids is 1. The molecular formula is C17H19N3O4S. The molecule has 25 heavy (non-hydrogen) atoms. The summed E-state index contributed by atoms with van der Waals surface area (Å²) in [6.45, 7) is 1.53. The van der Waals surface area contributed by atoms with E-state index in [4.69, 9.17) is 5.11 Å². The van der Waals surface area contributed by atoms with E-state index in [0.29, 0.717) is 25.5 Å². The van der Waals surface area contributed by atoms with E-state index in [0.717, 1.165) is 18.4 Å². The van der Waals surface area contributed by atoms with Gasteiger partial charge < -0.3 is 10.4 Å². The van der Waals surface area contributed by atoms with Gasteiger partial charge in [-0.25, -0.2) is 18.2 Å². The number of carbonyl (C=O) groups is 1. The number of anilines is 1. The molecule has 3 rings (SSSR count). The van der Waals surface area contributed by atoms with Gasteiger partial charge in [-0.1, -0.05) is 12.1 Å². The lowest BCUT2D eigenvalue weighted by Crippen LogP contribution is -2.27. The molecule has 7 nitrogen and oxygen atoms in total. The number of hydrogen-bond donors (Lipinski definition) is 2. The maximum Gasteiger partial charge on any atom is 0.335 e. The first kappa shape index (κ1) is 17.4. The van der Waals surface area contributed by atoms with E-state index in [-0.39, 0.29) is 10.5 Å². The van der Waals surface area contributed by atoms with E-state index in [1.165, 1.54) is 34.8 Å². The maximum absolute atomic E-state index is 12.6. The molecule has 0 bridgehead atoms. The number of rotatable bonds is 6. The Balaban J connectivity index is 1.70. The summed E-state index contributed by atoms with van der Waals surface area (Å²) < 4.78 is 26.7. The Morgan fingerprint density at radius 3 is 2.48 bits per heavy atom. The molecule has 0 amide bonds. The van der Waals surface area contributed by atoms with Crippen LogP contribution in [0, 0.1) is 0 Å². The van der Waals surface area contributed by atoms with Crippen molar-refractivity contribution < 1.29 is 18.3 Å². The van der Waals surface area contributed by atoms with Gasteiger partial charge in [-0.05, 0) is 36.6 Å². The number of hydrogen-bond acceptors (Lipinski definition) is 5. The zero-order valence-corrected chi connectivity index (χ0v) is 14.4. The number of pyridine rings is 1. The predicted molar refractivity (Wildman–Crippen MR) is 93.0 cm³/mol. The van der Waals surface area contributed by atoms with Crippen molar-refractivity contribution in [3.63, 3.8) is 0 Å². The van der Waals surface area contributed by atoms with E-state index < -0.39 is 16.0 Å². The first-order valence-electron chi connectivity index (χ1n) is 7.99. The van der Waals surface area contributed by atoms with Crippen LogP contribution in [-0.4, -0.2) is 41.9 Å². The molecule has 2 heterocycles. The Morgan fingerprint density at radius 1 is 1.16 bits per heavy atom. The van der Waals surface area contributed by atoms with Crippen LogP contribution in [0.3, 0.4) is 0 Å². The van der Waals surface area contributed by atoms with Crippen LogP contribution in [0.15, 0.2) is 47.5 Å². The van der Waals surface area contributed by atoms with Crippen LogP contribution >= 0.6 is 0 Å². The third-order valence-electron chi connectivity index (χ3n) is 4.11. The molecular weight excluding hydrogens is 342 g/mol. The van der Waals surface area contributed by atoms with Crippen LogP contribution in [0.2, 0.25) is 0 Å². The molecule has 2 N–H and O–H groups in total. The number of aromatic nitrogens is 1. The van der Waals surface area contributed by atoms with Gasteiger partial charge in [0.05, 0.1) is 10.5 Å². The van der Waals surface area contributed by atoms with Crippen molar-refractivity contribution in [3.8, 4) is 0 Å². The van der Waals surface area contributed by atoms with Crippen molar-refractivity contribution in [1.29, 1.82) is 0 Å².